The number of anilines is 2. The van der Waals surface area contributed by atoms with E-state index in [1.807, 2.05) is 33.9 Å². The van der Waals surface area contributed by atoms with Gasteiger partial charge in [-0.15, -0.1) is 0 Å². The SMILES string of the molecule is COc1cc2c(cc1OCCCCCOc1cc3c(cc1OC)C(=O)N1C=C(C)CC1C(O)N3C(=O)OCc1ccc(NC(=O)C(C)NC(=O)[C@@H](N)C(C)C)cc1)N=CC1CC(C)=CN1C2=O. The van der Waals surface area contributed by atoms with Crippen LogP contribution in [0.5, 0.6) is 23.0 Å². The summed E-state index contributed by atoms with van der Waals surface area (Å²) < 4.78 is 29.3. The van der Waals surface area contributed by atoms with Gasteiger partial charge in [0.2, 0.25) is 11.8 Å². The fourth-order valence-corrected chi connectivity index (χ4v) is 8.25. The largest absolute Gasteiger partial charge is 0.493 e. The minimum Gasteiger partial charge on any atom is -0.493 e. The van der Waals surface area contributed by atoms with E-state index in [-0.39, 0.29) is 53.8 Å². The number of hydrogen-bond donors (Lipinski definition) is 4. The maximum absolute atomic E-state index is 14.0. The van der Waals surface area contributed by atoms with E-state index < -0.39 is 48.2 Å². The Morgan fingerprint density at radius 2 is 1.42 bits per heavy atom. The number of amides is 5. The van der Waals surface area contributed by atoms with E-state index in [0.29, 0.717) is 59.9 Å². The quantitative estimate of drug-likeness (QED) is 0.111. The molecule has 0 saturated carbocycles. The molecular formula is C49H59N7O11. The number of unbranched alkanes of at least 4 members (excludes halogenated alkanes) is 2. The van der Waals surface area contributed by atoms with Crippen LogP contribution in [0.3, 0.4) is 0 Å². The highest BCUT2D eigenvalue weighted by molar-refractivity contribution is 6.07. The normalized spacial score (nSPS) is 19.2. The molecule has 4 aliphatic rings. The Hall–Kier alpha value is -6.92. The summed E-state index contributed by atoms with van der Waals surface area (Å²) in [6.45, 7) is 9.46. The molecule has 0 radical (unpaired) electrons. The lowest BCUT2D eigenvalue weighted by atomic mass is 10.0. The van der Waals surface area contributed by atoms with E-state index in [0.717, 1.165) is 28.9 Å². The Morgan fingerprint density at radius 3 is 2.07 bits per heavy atom. The summed E-state index contributed by atoms with van der Waals surface area (Å²) in [7, 11) is 2.98. The minimum atomic E-state index is -1.48. The average molecular weight is 922 g/mol. The molecule has 18 nitrogen and oxygen atoms in total. The van der Waals surface area contributed by atoms with Crippen LogP contribution in [0.1, 0.15) is 93.0 Å². The zero-order valence-corrected chi connectivity index (χ0v) is 38.9. The highest BCUT2D eigenvalue weighted by Gasteiger charge is 2.45. The number of hydrogen-bond acceptors (Lipinski definition) is 13. The third-order valence-electron chi connectivity index (χ3n) is 12.1. The Labute approximate surface area is 389 Å². The van der Waals surface area contributed by atoms with Gasteiger partial charge in [-0.1, -0.05) is 37.1 Å². The summed E-state index contributed by atoms with van der Waals surface area (Å²) in [5.74, 6) is -0.0775. The molecule has 5 amide bonds. The van der Waals surface area contributed by atoms with Crippen LogP contribution in [0.4, 0.5) is 21.9 Å². The van der Waals surface area contributed by atoms with Gasteiger partial charge in [0.1, 0.15) is 12.6 Å². The third-order valence-corrected chi connectivity index (χ3v) is 12.1. The van der Waals surface area contributed by atoms with Crippen molar-refractivity contribution in [2.45, 2.75) is 104 Å². The molecule has 3 aromatic rings. The molecule has 0 saturated heterocycles. The molecule has 0 bridgehead atoms. The Balaban J connectivity index is 0.975. The van der Waals surface area contributed by atoms with Gasteiger partial charge in [0.05, 0.1) is 68.1 Å². The summed E-state index contributed by atoms with van der Waals surface area (Å²) in [5, 5.41) is 17.2. The summed E-state index contributed by atoms with van der Waals surface area (Å²) in [5.41, 5.74) is 10.1. The lowest BCUT2D eigenvalue weighted by molar-refractivity contribution is -0.127. The molecule has 18 heteroatoms. The van der Waals surface area contributed by atoms with Crippen LogP contribution >= 0.6 is 0 Å². The highest BCUT2D eigenvalue weighted by Crippen LogP contribution is 2.43. The van der Waals surface area contributed by atoms with E-state index >= 15 is 0 Å². The van der Waals surface area contributed by atoms with Crippen LogP contribution in [0.15, 0.2) is 77.1 Å². The van der Waals surface area contributed by atoms with Gasteiger partial charge in [0.15, 0.2) is 29.2 Å². The first-order valence-electron chi connectivity index (χ1n) is 22.4. The van der Waals surface area contributed by atoms with Gasteiger partial charge in [0.25, 0.3) is 11.8 Å². The second kappa shape index (κ2) is 20.7. The number of nitrogens with zero attached hydrogens (tertiary/aromatic N) is 4. The monoisotopic (exact) mass is 921 g/mol. The summed E-state index contributed by atoms with van der Waals surface area (Å²) >= 11 is 0. The molecule has 4 unspecified atom stereocenters. The second-order valence-corrected chi connectivity index (χ2v) is 17.5. The number of aliphatic imine (C=N–C) groups is 1. The Bertz CT molecular complexity index is 2490. The predicted octanol–water partition coefficient (Wildman–Crippen LogP) is 6.19. The molecule has 7 rings (SSSR count). The molecule has 0 spiro atoms. The third kappa shape index (κ3) is 10.5. The smallest absolute Gasteiger partial charge is 0.416 e. The van der Waals surface area contributed by atoms with Crippen LogP contribution in [-0.2, 0) is 20.9 Å². The van der Waals surface area contributed by atoms with Crippen molar-refractivity contribution in [3.63, 3.8) is 0 Å². The maximum atomic E-state index is 14.0. The number of benzene rings is 3. The van der Waals surface area contributed by atoms with Gasteiger partial charge in [-0.05, 0) is 88.6 Å². The van der Waals surface area contributed by atoms with Gasteiger partial charge in [-0.3, -0.25) is 24.2 Å². The molecule has 3 aromatic carbocycles. The number of carbonyl (C=O) groups is 5. The number of aliphatic hydroxyl groups is 1. The molecule has 0 aliphatic carbocycles. The van der Waals surface area contributed by atoms with Crippen molar-refractivity contribution in [3.05, 3.63) is 88.8 Å². The van der Waals surface area contributed by atoms with E-state index in [1.54, 1.807) is 60.6 Å². The van der Waals surface area contributed by atoms with Gasteiger partial charge in [0, 0.05) is 36.4 Å². The van der Waals surface area contributed by atoms with Crippen molar-refractivity contribution in [2.75, 3.05) is 37.7 Å². The highest BCUT2D eigenvalue weighted by atomic mass is 16.6. The maximum Gasteiger partial charge on any atom is 0.416 e. The van der Waals surface area contributed by atoms with Gasteiger partial charge in [-0.2, -0.15) is 0 Å². The number of methoxy groups -OCH3 is 2. The van der Waals surface area contributed by atoms with Gasteiger partial charge >= 0.3 is 6.09 Å². The van der Waals surface area contributed by atoms with Crippen molar-refractivity contribution in [3.8, 4) is 23.0 Å². The first-order valence-corrected chi connectivity index (χ1v) is 22.4. The Morgan fingerprint density at radius 1 is 0.806 bits per heavy atom. The van der Waals surface area contributed by atoms with Crippen LogP contribution in [-0.4, -0.2) is 109 Å². The molecule has 356 valence electrons. The van der Waals surface area contributed by atoms with Crippen LogP contribution < -0.4 is 40.2 Å². The predicted molar refractivity (Wildman–Crippen MR) is 250 cm³/mol. The number of aliphatic hydroxyl groups excluding tert-OH is 1. The van der Waals surface area contributed by atoms with Crippen molar-refractivity contribution in [1.29, 1.82) is 0 Å². The minimum absolute atomic E-state index is 0.0912. The second-order valence-electron chi connectivity index (χ2n) is 17.5. The van der Waals surface area contributed by atoms with E-state index in [2.05, 4.69) is 15.6 Å². The van der Waals surface area contributed by atoms with Crippen molar-refractivity contribution in [1.82, 2.24) is 15.1 Å². The van der Waals surface area contributed by atoms with E-state index in [1.165, 1.54) is 31.3 Å². The van der Waals surface area contributed by atoms with E-state index in [4.69, 9.17) is 29.4 Å². The standard InChI is InChI=1S/C49H59N7O11/c1-27(2)43(50)45(58)52-30(5)44(57)53-32-13-11-31(12-14-32)26-67-49(62)56-37-22-42(40(64-7)20-35(37)47(60)55-25-29(4)18-38(55)48(56)61)66-16-10-8-9-15-65-41-21-36-34(19-39(41)63-6)46(59)54-24-28(3)17-33(54)23-51-36/h11-14,19-25,27,30,33,38,43,48,61H,8-10,15-18,26,50H2,1-7H3,(H,52,58)(H,53,57)/t30?,33?,38?,43-,48?/m0/s1. The fourth-order valence-electron chi connectivity index (χ4n) is 8.25. The first kappa shape index (κ1) is 48.0. The van der Waals surface area contributed by atoms with Crippen molar-refractivity contribution in [2.24, 2.45) is 16.6 Å². The van der Waals surface area contributed by atoms with Crippen LogP contribution in [0, 0.1) is 5.92 Å². The zero-order chi connectivity index (χ0) is 48.1. The number of fused-ring (bicyclic) bond motifs is 4. The molecule has 0 aromatic heterocycles. The summed E-state index contributed by atoms with van der Waals surface area (Å²) in [4.78, 5) is 75.4. The average Bonchev–Trinajstić information content (AvgIpc) is 3.85. The summed E-state index contributed by atoms with van der Waals surface area (Å²) in [6.07, 6.45) is 6.03. The fraction of sp³-hybridized carbons (Fsp3) is 0.429. The van der Waals surface area contributed by atoms with Crippen molar-refractivity contribution >= 4 is 53.0 Å². The summed E-state index contributed by atoms with van der Waals surface area (Å²) in [6, 6.07) is 10.5. The molecule has 4 aliphatic heterocycles. The molecule has 5 atom stereocenters. The molecule has 4 heterocycles. The van der Waals surface area contributed by atoms with Crippen molar-refractivity contribution < 1.29 is 52.8 Å². The number of rotatable bonds is 17. The van der Waals surface area contributed by atoms with Gasteiger partial charge < -0.3 is 55.0 Å². The van der Waals surface area contributed by atoms with Crippen LogP contribution in [0.25, 0.3) is 0 Å². The Kier molecular flexibility index (Phi) is 14.9. The number of carbonyl (C=O) groups excluding carboxylic acids is 5. The van der Waals surface area contributed by atoms with Crippen LogP contribution in [0.2, 0.25) is 0 Å². The topological polar surface area (TPSA) is 224 Å². The molecule has 5 N–H and O–H groups in total. The lowest BCUT2D eigenvalue weighted by Gasteiger charge is -2.31. The zero-order valence-electron chi connectivity index (χ0n) is 38.9. The number of nitrogens with one attached hydrogen (secondary N) is 2. The van der Waals surface area contributed by atoms with Gasteiger partial charge in [-0.25, -0.2) is 9.69 Å². The first-order chi connectivity index (χ1) is 32.1. The lowest BCUT2D eigenvalue weighted by Crippen LogP contribution is -2.50. The number of ether oxygens (including phenoxy) is 5. The molecular weight excluding hydrogens is 863 g/mol. The molecule has 67 heavy (non-hydrogen) atoms. The van der Waals surface area contributed by atoms with E-state index in [9.17, 15) is 29.1 Å². The number of nitrogens with two attached hydrogens (primary N) is 1. The molecule has 0 fully saturated rings.